The first-order valence-corrected chi connectivity index (χ1v) is 8.22. The summed E-state index contributed by atoms with van der Waals surface area (Å²) in [6, 6.07) is 0. The van der Waals surface area contributed by atoms with Crippen LogP contribution in [0.2, 0.25) is 0 Å². The van der Waals surface area contributed by atoms with E-state index in [1.165, 1.54) is 0 Å². The molecular weight excluding hydrogens is 288 g/mol. The molecule has 1 unspecified atom stereocenters. The number of carbonyl (C=O) groups is 2. The van der Waals surface area contributed by atoms with Crippen molar-refractivity contribution in [3.05, 3.63) is 46.8 Å². The summed E-state index contributed by atoms with van der Waals surface area (Å²) >= 11 is 0. The summed E-state index contributed by atoms with van der Waals surface area (Å²) in [4.78, 5) is 25.3. The van der Waals surface area contributed by atoms with Crippen molar-refractivity contribution in [1.82, 2.24) is 0 Å². The van der Waals surface area contributed by atoms with Gasteiger partial charge in [0.1, 0.15) is 5.76 Å². The molecule has 122 valence electrons. The third-order valence-corrected chi connectivity index (χ3v) is 5.03. The summed E-state index contributed by atoms with van der Waals surface area (Å²) in [6.07, 6.45) is 8.74. The second kappa shape index (κ2) is 5.05. The topological polar surface area (TPSA) is 43.4 Å². The van der Waals surface area contributed by atoms with Gasteiger partial charge in [-0.15, -0.1) is 0 Å². The molecule has 0 aromatic carbocycles. The minimum Gasteiger partial charge on any atom is -0.478 e. The highest BCUT2D eigenvalue weighted by molar-refractivity contribution is 6.08. The molecule has 0 fully saturated rings. The summed E-state index contributed by atoms with van der Waals surface area (Å²) in [5.74, 6) is 1.07. The van der Waals surface area contributed by atoms with E-state index < -0.39 is 5.60 Å². The van der Waals surface area contributed by atoms with E-state index >= 15 is 0 Å². The quantitative estimate of drug-likeness (QED) is 0.677. The van der Waals surface area contributed by atoms with Crippen LogP contribution in [-0.4, -0.2) is 17.2 Å². The Bertz CT molecular complexity index is 715. The van der Waals surface area contributed by atoms with Gasteiger partial charge >= 0.3 is 0 Å². The van der Waals surface area contributed by atoms with Gasteiger partial charge in [-0.3, -0.25) is 9.59 Å². The van der Waals surface area contributed by atoms with Gasteiger partial charge < -0.3 is 4.74 Å². The minimum atomic E-state index is -0.916. The second-order valence-electron chi connectivity index (χ2n) is 7.80. The Kier molecular flexibility index (Phi) is 3.51. The highest BCUT2D eigenvalue weighted by Crippen LogP contribution is 2.48. The molecule has 0 amide bonds. The molecule has 0 aromatic rings. The second-order valence-corrected chi connectivity index (χ2v) is 7.80. The van der Waals surface area contributed by atoms with Crippen molar-refractivity contribution in [2.75, 3.05) is 0 Å². The minimum absolute atomic E-state index is 0.00963. The lowest BCUT2D eigenvalue weighted by molar-refractivity contribution is -0.127. The van der Waals surface area contributed by atoms with Gasteiger partial charge in [0, 0.05) is 18.4 Å². The smallest absolute Gasteiger partial charge is 0.210 e. The van der Waals surface area contributed by atoms with Crippen LogP contribution in [0.5, 0.6) is 0 Å². The average Bonchev–Trinajstić information content (AvgIpc) is 2.88. The lowest BCUT2D eigenvalue weighted by Crippen LogP contribution is -2.37. The molecular formula is C20H24O3. The fourth-order valence-electron chi connectivity index (χ4n) is 3.70. The van der Waals surface area contributed by atoms with Gasteiger partial charge in [-0.2, -0.15) is 0 Å². The molecule has 1 spiro atoms. The summed E-state index contributed by atoms with van der Waals surface area (Å²) in [5, 5.41) is 0. The van der Waals surface area contributed by atoms with E-state index in [0.717, 1.165) is 16.9 Å². The van der Waals surface area contributed by atoms with E-state index in [-0.39, 0.29) is 22.9 Å². The number of Topliss-reactive ketones (excluding diaryl/α,β-unsaturated/α-hetero) is 1. The van der Waals surface area contributed by atoms with Gasteiger partial charge in [0.15, 0.2) is 11.4 Å². The number of allylic oxidation sites excluding steroid dienone is 5. The van der Waals surface area contributed by atoms with Gasteiger partial charge in [-0.1, -0.05) is 32.9 Å². The standard InChI is InChI=1S/C20H24O3/c1-12-8-15-9-13(2)16(21)6-7-19(4,5)11-17-14(3)18(22)20(15,10-12)23-17/h6-9,12H,10-11H2,1-5H3/t12?,20-/m1/s1. The Balaban J connectivity index is 2.17. The first-order chi connectivity index (χ1) is 10.6. The molecule has 3 nitrogen and oxygen atoms in total. The predicted octanol–water partition coefficient (Wildman–Crippen LogP) is 4.07. The zero-order valence-electron chi connectivity index (χ0n) is 14.5. The maximum atomic E-state index is 13.0. The molecule has 0 N–H and O–H groups in total. The van der Waals surface area contributed by atoms with Crippen molar-refractivity contribution >= 4 is 11.6 Å². The van der Waals surface area contributed by atoms with E-state index in [1.54, 1.807) is 13.0 Å². The third kappa shape index (κ3) is 2.52. The van der Waals surface area contributed by atoms with Gasteiger partial charge in [0.25, 0.3) is 0 Å². The summed E-state index contributed by atoms with van der Waals surface area (Å²) in [7, 11) is 0. The van der Waals surface area contributed by atoms with Crippen molar-refractivity contribution in [3.8, 4) is 0 Å². The normalized spacial score (nSPS) is 33.0. The maximum Gasteiger partial charge on any atom is 0.210 e. The highest BCUT2D eigenvalue weighted by atomic mass is 16.5. The lowest BCUT2D eigenvalue weighted by Gasteiger charge is -2.28. The molecule has 3 heteroatoms. The average molecular weight is 312 g/mol. The lowest BCUT2D eigenvalue weighted by atomic mass is 9.84. The van der Waals surface area contributed by atoms with Gasteiger partial charge in [-0.05, 0) is 48.5 Å². The van der Waals surface area contributed by atoms with Crippen LogP contribution in [0.4, 0.5) is 0 Å². The number of ether oxygens (including phenoxy) is 1. The molecule has 3 rings (SSSR count). The van der Waals surface area contributed by atoms with Gasteiger partial charge in [0.2, 0.25) is 5.78 Å². The number of ketones is 2. The molecule has 23 heavy (non-hydrogen) atoms. The number of rotatable bonds is 0. The number of carbonyl (C=O) groups excluding carboxylic acids is 2. The van der Waals surface area contributed by atoms with E-state index in [9.17, 15) is 9.59 Å². The van der Waals surface area contributed by atoms with Crippen molar-refractivity contribution in [2.45, 2.75) is 53.1 Å². The van der Waals surface area contributed by atoms with E-state index in [2.05, 4.69) is 26.8 Å². The largest absolute Gasteiger partial charge is 0.478 e. The Morgan fingerprint density at radius 1 is 1.22 bits per heavy atom. The predicted molar refractivity (Wildman–Crippen MR) is 89.7 cm³/mol. The van der Waals surface area contributed by atoms with E-state index in [0.29, 0.717) is 18.4 Å². The van der Waals surface area contributed by atoms with Crippen LogP contribution < -0.4 is 0 Å². The zero-order chi connectivity index (χ0) is 17.0. The molecule has 0 saturated carbocycles. The van der Waals surface area contributed by atoms with Crippen LogP contribution in [0.1, 0.15) is 47.5 Å². The SMILES string of the molecule is CC1=CC2=CC(C)C[C@@]23OC(=C(C)C3=O)CC(C)(C)C=CC1=O. The van der Waals surface area contributed by atoms with Gasteiger partial charge in [-0.25, -0.2) is 0 Å². The monoisotopic (exact) mass is 312 g/mol. The maximum absolute atomic E-state index is 13.0. The van der Waals surface area contributed by atoms with Crippen LogP contribution in [0.15, 0.2) is 46.8 Å². The molecule has 0 aromatic heterocycles. The molecule has 3 aliphatic rings. The van der Waals surface area contributed by atoms with Gasteiger partial charge in [0.05, 0.1) is 0 Å². The Labute approximate surface area is 137 Å². The molecule has 2 atom stereocenters. The summed E-state index contributed by atoms with van der Waals surface area (Å²) in [6.45, 7) is 9.86. The molecule has 2 bridgehead atoms. The highest BCUT2D eigenvalue weighted by Gasteiger charge is 2.53. The summed E-state index contributed by atoms with van der Waals surface area (Å²) in [5.41, 5.74) is 1.05. The summed E-state index contributed by atoms with van der Waals surface area (Å²) < 4.78 is 6.29. The van der Waals surface area contributed by atoms with E-state index in [4.69, 9.17) is 4.74 Å². The van der Waals surface area contributed by atoms with Crippen molar-refractivity contribution in [3.63, 3.8) is 0 Å². The van der Waals surface area contributed by atoms with Crippen molar-refractivity contribution in [2.24, 2.45) is 11.3 Å². The molecule has 0 radical (unpaired) electrons. The molecule has 2 aliphatic heterocycles. The molecule has 1 aliphatic carbocycles. The Hall–Kier alpha value is -1.90. The van der Waals surface area contributed by atoms with Crippen LogP contribution >= 0.6 is 0 Å². The van der Waals surface area contributed by atoms with Crippen LogP contribution in [0.25, 0.3) is 0 Å². The Morgan fingerprint density at radius 3 is 2.61 bits per heavy atom. The van der Waals surface area contributed by atoms with Crippen molar-refractivity contribution in [1.29, 1.82) is 0 Å². The Morgan fingerprint density at radius 2 is 1.91 bits per heavy atom. The fraction of sp³-hybridized carbons (Fsp3) is 0.500. The fourth-order valence-corrected chi connectivity index (χ4v) is 3.70. The number of hydrogen-bond acceptors (Lipinski definition) is 3. The molecule has 0 saturated heterocycles. The zero-order valence-corrected chi connectivity index (χ0v) is 14.5. The van der Waals surface area contributed by atoms with Crippen molar-refractivity contribution < 1.29 is 14.3 Å². The van der Waals surface area contributed by atoms with Crippen LogP contribution in [-0.2, 0) is 14.3 Å². The van der Waals surface area contributed by atoms with Crippen LogP contribution in [0, 0.1) is 11.3 Å². The first kappa shape index (κ1) is 16.0. The van der Waals surface area contributed by atoms with E-state index in [1.807, 2.05) is 19.1 Å². The number of hydrogen-bond donors (Lipinski definition) is 0. The number of fused-ring (bicyclic) bond motifs is 1. The first-order valence-electron chi connectivity index (χ1n) is 8.22. The molecule has 2 heterocycles. The third-order valence-electron chi connectivity index (χ3n) is 5.03. The van der Waals surface area contributed by atoms with Crippen LogP contribution in [0.3, 0.4) is 0 Å².